The molecule has 15 aromatic carbocycles. The molecule has 0 aliphatic heterocycles. The zero-order valence-electron chi connectivity index (χ0n) is 52.2. The maximum atomic E-state index is 6.54. The van der Waals surface area contributed by atoms with Crippen LogP contribution in [-0.2, 0) is 0 Å². The van der Waals surface area contributed by atoms with E-state index in [1.165, 1.54) is 59.9 Å². The summed E-state index contributed by atoms with van der Waals surface area (Å²) in [4.78, 5) is 4.78. The third-order valence-electron chi connectivity index (χ3n) is 19.4. The Hall–Kier alpha value is -12.9. The largest absolute Gasteiger partial charge is 0.455 e. The summed E-state index contributed by atoms with van der Waals surface area (Å²) in [7, 11) is 0. The Bertz CT molecular complexity index is 6010. The average molecular weight is 1230 g/mol. The molecule has 0 saturated heterocycles. The summed E-state index contributed by atoms with van der Waals surface area (Å²) in [6.45, 7) is 0. The van der Waals surface area contributed by atoms with Crippen LogP contribution in [0.25, 0.3) is 138 Å². The lowest BCUT2D eigenvalue weighted by molar-refractivity contribution is 0.670. The molecule has 450 valence electrons. The average Bonchev–Trinajstić information content (AvgIpc) is 1.58. The minimum Gasteiger partial charge on any atom is -0.455 e. The summed E-state index contributed by atoms with van der Waals surface area (Å²) >= 11 is 0. The zero-order chi connectivity index (χ0) is 63.2. The van der Waals surface area contributed by atoms with Gasteiger partial charge >= 0.3 is 0 Å². The van der Waals surface area contributed by atoms with Gasteiger partial charge in [0.2, 0.25) is 0 Å². The van der Waals surface area contributed by atoms with E-state index in [1.807, 2.05) is 12.1 Å². The number of hydrogen-bond acceptors (Lipinski definition) is 3. The molecule has 96 heavy (non-hydrogen) atoms. The third kappa shape index (κ3) is 9.03. The maximum Gasteiger partial charge on any atom is 0.143 e. The molecule has 0 saturated carbocycles. The minimum absolute atomic E-state index is 0.891. The number of nitrogens with zero attached hydrogens (tertiary/aromatic N) is 5. The number of fused-ring (bicyclic) bond motifs is 12. The van der Waals surface area contributed by atoms with Crippen molar-refractivity contribution in [1.29, 1.82) is 0 Å². The minimum atomic E-state index is 0.891. The van der Waals surface area contributed by atoms with Crippen LogP contribution in [0, 0.1) is 0 Å². The highest BCUT2D eigenvalue weighted by Gasteiger charge is 2.23. The molecule has 6 nitrogen and oxygen atoms in total. The van der Waals surface area contributed by atoms with Crippen LogP contribution in [0.4, 0.5) is 34.1 Å². The summed E-state index contributed by atoms with van der Waals surface area (Å²) in [5.41, 5.74) is 25.3. The second-order valence-corrected chi connectivity index (χ2v) is 24.8. The van der Waals surface area contributed by atoms with Crippen LogP contribution in [0.2, 0.25) is 0 Å². The van der Waals surface area contributed by atoms with Gasteiger partial charge in [-0.3, -0.25) is 0 Å². The standard InChI is InChI=1S/C90H59N5O/c1-4-19-65(20-5-1)93-83-31-14-10-25-75(83)80-57-64(43-54-86(80)93)62-39-48-69(49-40-62)91(70-50-41-63(42-51-70)74-29-18-30-79-78-28-13-17-34-89(78)96-90(74)79)68-44-35-60(36-45-68)61-37-46-71(47-38-61)92(72-52-55-87-81(58-72)76-26-11-15-32-84(76)94(87)66-21-6-2-7-22-66)73-53-56-88-82(59-73)77-27-12-16-33-85(77)95(88)67-23-8-3-9-24-67/h1-59H. The molecule has 0 fully saturated rings. The summed E-state index contributed by atoms with van der Waals surface area (Å²) in [5.74, 6) is 0. The quantitative estimate of drug-likeness (QED) is 0.122. The van der Waals surface area contributed by atoms with Gasteiger partial charge in [0.25, 0.3) is 0 Å². The topological polar surface area (TPSA) is 34.4 Å². The van der Waals surface area contributed by atoms with E-state index in [0.29, 0.717) is 0 Å². The molecule has 0 N–H and O–H groups in total. The highest BCUT2D eigenvalue weighted by Crippen LogP contribution is 2.46. The van der Waals surface area contributed by atoms with Gasteiger partial charge in [0.05, 0.1) is 33.1 Å². The predicted octanol–water partition coefficient (Wildman–Crippen LogP) is 24.8. The molecule has 0 radical (unpaired) electrons. The Morgan fingerprint density at radius 3 is 0.958 bits per heavy atom. The number of aromatic nitrogens is 3. The lowest BCUT2D eigenvalue weighted by Crippen LogP contribution is -2.10. The first-order chi connectivity index (χ1) is 47.6. The monoisotopic (exact) mass is 1230 g/mol. The van der Waals surface area contributed by atoms with Gasteiger partial charge in [-0.15, -0.1) is 0 Å². The Morgan fingerprint density at radius 1 is 0.198 bits per heavy atom. The maximum absolute atomic E-state index is 6.54. The van der Waals surface area contributed by atoms with Crippen molar-refractivity contribution in [1.82, 2.24) is 13.7 Å². The van der Waals surface area contributed by atoms with E-state index in [9.17, 15) is 0 Å². The van der Waals surface area contributed by atoms with Crippen LogP contribution < -0.4 is 9.80 Å². The fourth-order valence-corrected chi connectivity index (χ4v) is 15.0. The first-order valence-electron chi connectivity index (χ1n) is 32.8. The van der Waals surface area contributed by atoms with Crippen molar-refractivity contribution in [3.8, 4) is 50.4 Å². The van der Waals surface area contributed by atoms with Crippen molar-refractivity contribution in [3.63, 3.8) is 0 Å². The van der Waals surface area contributed by atoms with E-state index in [0.717, 1.165) is 112 Å². The second-order valence-electron chi connectivity index (χ2n) is 24.8. The van der Waals surface area contributed by atoms with Gasteiger partial charge < -0.3 is 27.9 Å². The summed E-state index contributed by atoms with van der Waals surface area (Å²) in [6, 6.07) is 130. The fourth-order valence-electron chi connectivity index (χ4n) is 15.0. The zero-order valence-corrected chi connectivity index (χ0v) is 52.2. The molecule has 0 atom stereocenters. The van der Waals surface area contributed by atoms with Gasteiger partial charge in [-0.25, -0.2) is 0 Å². The van der Waals surface area contributed by atoms with E-state index >= 15 is 0 Å². The van der Waals surface area contributed by atoms with E-state index in [4.69, 9.17) is 4.42 Å². The molecule has 6 heteroatoms. The van der Waals surface area contributed by atoms with Gasteiger partial charge in [0, 0.05) is 99.8 Å². The Kier molecular flexibility index (Phi) is 12.8. The van der Waals surface area contributed by atoms with Crippen LogP contribution in [0.3, 0.4) is 0 Å². The Balaban J connectivity index is 0.700. The number of furan rings is 1. The Labute approximate surface area is 554 Å². The van der Waals surface area contributed by atoms with Crippen LogP contribution in [0.5, 0.6) is 0 Å². The summed E-state index contributed by atoms with van der Waals surface area (Å²) in [5, 5.41) is 9.50. The van der Waals surface area contributed by atoms with Crippen molar-refractivity contribution in [3.05, 3.63) is 358 Å². The fraction of sp³-hybridized carbons (Fsp3) is 0. The summed E-state index contributed by atoms with van der Waals surface area (Å²) in [6.07, 6.45) is 0. The number of para-hydroxylation sites is 8. The lowest BCUT2D eigenvalue weighted by atomic mass is 10.0. The van der Waals surface area contributed by atoms with Crippen LogP contribution in [-0.4, -0.2) is 13.7 Å². The SMILES string of the molecule is c1ccc(-n2c3ccccc3c3cc(-c4ccc(N(c5ccc(-c6ccc(N(c7ccc8c(c7)c7ccccc7n8-c7ccccc7)c7ccc8c(c7)c7ccccc7n8-c7ccccc7)cc6)cc5)c5ccc(-c6cccc7c6oc6ccccc67)cc5)cc4)ccc32)cc1. The predicted molar refractivity (Wildman–Crippen MR) is 402 cm³/mol. The number of anilines is 6. The van der Waals surface area contributed by atoms with E-state index < -0.39 is 0 Å². The highest BCUT2D eigenvalue weighted by atomic mass is 16.3. The van der Waals surface area contributed by atoms with Crippen molar-refractivity contribution in [2.45, 2.75) is 0 Å². The second kappa shape index (κ2) is 22.4. The lowest BCUT2D eigenvalue weighted by Gasteiger charge is -2.27. The number of rotatable bonds is 12. The summed E-state index contributed by atoms with van der Waals surface area (Å²) < 4.78 is 13.7. The molecule has 4 aromatic heterocycles. The van der Waals surface area contributed by atoms with E-state index in [1.54, 1.807) is 0 Å². The molecule has 19 rings (SSSR count). The van der Waals surface area contributed by atoms with Crippen LogP contribution in [0.15, 0.2) is 362 Å². The molecular weight excluding hydrogens is 1170 g/mol. The molecule has 0 amide bonds. The Morgan fingerprint density at radius 2 is 0.510 bits per heavy atom. The number of benzene rings is 15. The molecule has 0 aliphatic rings. The van der Waals surface area contributed by atoms with Gasteiger partial charge in [-0.05, 0) is 186 Å². The first kappa shape index (κ1) is 54.8. The van der Waals surface area contributed by atoms with Crippen LogP contribution >= 0.6 is 0 Å². The molecule has 0 aliphatic carbocycles. The number of hydrogen-bond donors (Lipinski definition) is 0. The van der Waals surface area contributed by atoms with Gasteiger partial charge in [-0.2, -0.15) is 0 Å². The van der Waals surface area contributed by atoms with Crippen molar-refractivity contribution in [2.24, 2.45) is 0 Å². The smallest absolute Gasteiger partial charge is 0.143 e. The molecule has 19 aromatic rings. The molecule has 0 bridgehead atoms. The molecular formula is C90H59N5O. The van der Waals surface area contributed by atoms with E-state index in [2.05, 4.69) is 369 Å². The van der Waals surface area contributed by atoms with Gasteiger partial charge in [0.15, 0.2) is 0 Å². The molecule has 4 heterocycles. The van der Waals surface area contributed by atoms with Crippen molar-refractivity contribution in [2.75, 3.05) is 9.80 Å². The van der Waals surface area contributed by atoms with Crippen LogP contribution in [0.1, 0.15) is 0 Å². The highest BCUT2D eigenvalue weighted by molar-refractivity contribution is 6.14. The van der Waals surface area contributed by atoms with Gasteiger partial charge in [0.1, 0.15) is 11.2 Å². The molecule has 0 spiro atoms. The van der Waals surface area contributed by atoms with Gasteiger partial charge in [-0.1, -0.05) is 200 Å². The first-order valence-corrected chi connectivity index (χ1v) is 32.8. The molecule has 0 unspecified atom stereocenters. The van der Waals surface area contributed by atoms with E-state index in [-0.39, 0.29) is 0 Å². The van der Waals surface area contributed by atoms with Crippen molar-refractivity contribution < 1.29 is 4.42 Å². The normalized spacial score (nSPS) is 11.8. The third-order valence-corrected chi connectivity index (χ3v) is 19.4. The van der Waals surface area contributed by atoms with Crippen molar-refractivity contribution >= 4 is 121 Å².